The highest BCUT2D eigenvalue weighted by Gasteiger charge is 2.26. The number of carbonyl (C=O) groups excluding carboxylic acids is 2. The normalized spacial score (nSPS) is 12.0. The third kappa shape index (κ3) is 8.24. The molecule has 186 valence electrons. The highest BCUT2D eigenvalue weighted by atomic mass is 16.6. The van der Waals surface area contributed by atoms with E-state index in [2.05, 4.69) is 4.98 Å². The van der Waals surface area contributed by atoms with E-state index in [9.17, 15) is 9.59 Å². The van der Waals surface area contributed by atoms with E-state index in [4.69, 9.17) is 18.9 Å². The number of carbonyl (C=O) groups is 2. The number of nitrogens with zero attached hydrogens (tertiary/aromatic N) is 2. The molecule has 1 atom stereocenters. The first-order valence-electron chi connectivity index (χ1n) is 11.3. The van der Waals surface area contributed by atoms with Gasteiger partial charge in [0.1, 0.15) is 16.9 Å². The van der Waals surface area contributed by atoms with E-state index in [1.807, 2.05) is 58.9 Å². The first-order chi connectivity index (χ1) is 16.0. The maximum Gasteiger partial charge on any atom is 0.410 e. The Balaban J connectivity index is 2.03. The van der Waals surface area contributed by atoms with Crippen LogP contribution in [0.5, 0.6) is 11.6 Å². The van der Waals surface area contributed by atoms with Gasteiger partial charge in [-0.1, -0.05) is 12.1 Å². The molecule has 8 heteroatoms. The molecule has 0 fully saturated rings. The van der Waals surface area contributed by atoms with Crippen LogP contribution in [0.1, 0.15) is 62.0 Å². The zero-order valence-electron chi connectivity index (χ0n) is 21.2. The summed E-state index contributed by atoms with van der Waals surface area (Å²) in [7, 11) is 2.94. The van der Waals surface area contributed by atoms with Crippen LogP contribution in [0.4, 0.5) is 4.79 Å². The third-order valence-electron chi connectivity index (χ3n) is 5.07. The fraction of sp³-hybridized carbons (Fsp3) is 0.500. The molecule has 0 bridgehead atoms. The molecule has 0 saturated carbocycles. The quantitative estimate of drug-likeness (QED) is 0.348. The lowest BCUT2D eigenvalue weighted by Crippen LogP contribution is -2.41. The Labute approximate surface area is 202 Å². The summed E-state index contributed by atoms with van der Waals surface area (Å²) in [5.41, 5.74) is 1.51. The molecular weight excluding hydrogens is 436 g/mol. The second kappa shape index (κ2) is 12.3. The summed E-state index contributed by atoms with van der Waals surface area (Å²) in [6.07, 6.45) is 2.60. The lowest BCUT2D eigenvalue weighted by atomic mass is 10.1. The Kier molecular flexibility index (Phi) is 9.71. The molecule has 0 saturated heterocycles. The lowest BCUT2D eigenvalue weighted by Gasteiger charge is -2.32. The van der Waals surface area contributed by atoms with Crippen molar-refractivity contribution >= 4 is 12.1 Å². The second-order valence-corrected chi connectivity index (χ2v) is 9.15. The SMILES string of the molecule is COC(=O)c1cc(C)cnc1OCCCC(C)N(Cc1ccc(OC)cc1)C(=O)OC(C)(C)C. The smallest absolute Gasteiger partial charge is 0.410 e. The number of methoxy groups -OCH3 is 2. The predicted octanol–water partition coefficient (Wildman–Crippen LogP) is 5.17. The molecule has 1 aromatic heterocycles. The molecule has 0 N–H and O–H groups in total. The summed E-state index contributed by atoms with van der Waals surface area (Å²) in [6.45, 7) is 10.1. The number of hydrogen-bond acceptors (Lipinski definition) is 7. The van der Waals surface area contributed by atoms with Gasteiger partial charge in [-0.3, -0.25) is 0 Å². The van der Waals surface area contributed by atoms with Crippen molar-refractivity contribution in [2.45, 2.75) is 65.6 Å². The van der Waals surface area contributed by atoms with Crippen molar-refractivity contribution < 1.29 is 28.5 Å². The standard InChI is InChI=1S/C26H36N2O6/c1-18-15-22(24(29)32-7)23(27-16-18)33-14-8-9-19(2)28(25(30)34-26(3,4)5)17-20-10-12-21(31-6)13-11-20/h10-13,15-16,19H,8-9,14,17H2,1-7H3. The van der Waals surface area contributed by atoms with Crippen LogP contribution in [-0.2, 0) is 16.0 Å². The zero-order valence-corrected chi connectivity index (χ0v) is 21.2. The molecule has 1 heterocycles. The molecule has 0 radical (unpaired) electrons. The van der Waals surface area contributed by atoms with Gasteiger partial charge in [0.15, 0.2) is 0 Å². The van der Waals surface area contributed by atoms with Gasteiger partial charge in [-0.25, -0.2) is 14.6 Å². The average molecular weight is 473 g/mol. The van der Waals surface area contributed by atoms with Crippen LogP contribution in [0, 0.1) is 6.92 Å². The van der Waals surface area contributed by atoms with Gasteiger partial charge >= 0.3 is 12.1 Å². The molecule has 1 unspecified atom stereocenters. The monoisotopic (exact) mass is 472 g/mol. The van der Waals surface area contributed by atoms with Crippen LogP contribution in [0.15, 0.2) is 36.5 Å². The number of ether oxygens (including phenoxy) is 4. The van der Waals surface area contributed by atoms with Gasteiger partial charge in [0.05, 0.1) is 20.8 Å². The Hall–Kier alpha value is -3.29. The lowest BCUT2D eigenvalue weighted by molar-refractivity contribution is 0.0142. The Bertz CT molecular complexity index is 953. The summed E-state index contributed by atoms with van der Waals surface area (Å²) < 4.78 is 21.5. The van der Waals surface area contributed by atoms with E-state index in [1.165, 1.54) is 7.11 Å². The van der Waals surface area contributed by atoms with E-state index in [0.717, 1.165) is 16.9 Å². The predicted molar refractivity (Wildman–Crippen MR) is 129 cm³/mol. The largest absolute Gasteiger partial charge is 0.497 e. The summed E-state index contributed by atoms with van der Waals surface area (Å²) >= 11 is 0. The molecule has 34 heavy (non-hydrogen) atoms. The topological polar surface area (TPSA) is 87.2 Å². The van der Waals surface area contributed by atoms with Crippen LogP contribution in [0.2, 0.25) is 0 Å². The number of aryl methyl sites for hydroxylation is 1. The summed E-state index contributed by atoms with van der Waals surface area (Å²) in [5, 5.41) is 0. The minimum Gasteiger partial charge on any atom is -0.497 e. The number of rotatable bonds is 10. The van der Waals surface area contributed by atoms with E-state index in [-0.39, 0.29) is 18.0 Å². The molecule has 8 nitrogen and oxygen atoms in total. The first kappa shape index (κ1) is 27.0. The summed E-state index contributed by atoms with van der Waals surface area (Å²) in [5.74, 6) is 0.510. The molecule has 2 aromatic rings. The van der Waals surface area contributed by atoms with Crippen molar-refractivity contribution in [3.63, 3.8) is 0 Å². The first-order valence-corrected chi connectivity index (χ1v) is 11.3. The number of benzene rings is 1. The van der Waals surface area contributed by atoms with Gasteiger partial charge in [-0.15, -0.1) is 0 Å². The van der Waals surface area contributed by atoms with Crippen molar-refractivity contribution in [1.29, 1.82) is 0 Å². The molecule has 0 aliphatic rings. The van der Waals surface area contributed by atoms with Gasteiger partial charge in [-0.05, 0) is 76.8 Å². The average Bonchev–Trinajstić information content (AvgIpc) is 2.79. The number of amides is 1. The maximum absolute atomic E-state index is 13.0. The minimum atomic E-state index is -0.598. The number of pyridine rings is 1. The van der Waals surface area contributed by atoms with Crippen molar-refractivity contribution in [3.05, 3.63) is 53.2 Å². The van der Waals surface area contributed by atoms with Crippen molar-refractivity contribution in [3.8, 4) is 11.6 Å². The van der Waals surface area contributed by atoms with E-state index in [0.29, 0.717) is 31.6 Å². The number of aromatic nitrogens is 1. The van der Waals surface area contributed by atoms with Crippen LogP contribution in [-0.4, -0.2) is 54.4 Å². The van der Waals surface area contributed by atoms with Crippen LogP contribution >= 0.6 is 0 Å². The number of hydrogen-bond donors (Lipinski definition) is 0. The van der Waals surface area contributed by atoms with Gasteiger partial charge < -0.3 is 23.8 Å². The molecule has 1 aromatic carbocycles. The molecular formula is C26H36N2O6. The molecule has 0 spiro atoms. The van der Waals surface area contributed by atoms with Gasteiger partial charge in [0, 0.05) is 18.8 Å². The second-order valence-electron chi connectivity index (χ2n) is 9.15. The molecule has 0 aliphatic carbocycles. The Morgan fingerprint density at radius 2 is 1.79 bits per heavy atom. The Morgan fingerprint density at radius 3 is 2.38 bits per heavy atom. The molecule has 2 rings (SSSR count). The fourth-order valence-electron chi connectivity index (χ4n) is 3.28. The van der Waals surface area contributed by atoms with Crippen LogP contribution in [0.3, 0.4) is 0 Å². The maximum atomic E-state index is 13.0. The van der Waals surface area contributed by atoms with E-state index < -0.39 is 11.6 Å². The Morgan fingerprint density at radius 1 is 1.12 bits per heavy atom. The van der Waals surface area contributed by atoms with E-state index in [1.54, 1.807) is 24.3 Å². The van der Waals surface area contributed by atoms with Gasteiger partial charge in [0.2, 0.25) is 5.88 Å². The summed E-state index contributed by atoms with van der Waals surface area (Å²) in [6, 6.07) is 9.19. The van der Waals surface area contributed by atoms with Crippen molar-refractivity contribution in [2.24, 2.45) is 0 Å². The van der Waals surface area contributed by atoms with Gasteiger partial charge in [0.25, 0.3) is 0 Å². The van der Waals surface area contributed by atoms with Crippen molar-refractivity contribution in [2.75, 3.05) is 20.8 Å². The minimum absolute atomic E-state index is 0.105. The third-order valence-corrected chi connectivity index (χ3v) is 5.07. The van der Waals surface area contributed by atoms with Crippen LogP contribution < -0.4 is 9.47 Å². The highest BCUT2D eigenvalue weighted by molar-refractivity contribution is 5.91. The van der Waals surface area contributed by atoms with Gasteiger partial charge in [-0.2, -0.15) is 0 Å². The van der Waals surface area contributed by atoms with Crippen molar-refractivity contribution in [1.82, 2.24) is 9.88 Å². The zero-order chi connectivity index (χ0) is 25.3. The fourth-order valence-corrected chi connectivity index (χ4v) is 3.28. The van der Waals surface area contributed by atoms with Crippen LogP contribution in [0.25, 0.3) is 0 Å². The summed E-state index contributed by atoms with van der Waals surface area (Å²) in [4.78, 5) is 30.9. The molecule has 0 aliphatic heterocycles. The highest BCUT2D eigenvalue weighted by Crippen LogP contribution is 2.21. The number of esters is 1. The molecule has 1 amide bonds. The van der Waals surface area contributed by atoms with E-state index >= 15 is 0 Å².